The van der Waals surface area contributed by atoms with Crippen LogP contribution in [0.15, 0.2) is 0 Å². The third-order valence-corrected chi connectivity index (χ3v) is 8.72. The Morgan fingerprint density at radius 2 is 0.588 bits per heavy atom. The molecular weight excluding hydrogens is 406 g/mol. The summed E-state index contributed by atoms with van der Waals surface area (Å²) in [5.41, 5.74) is 0. The zero-order chi connectivity index (χ0) is 25.3. The Balaban J connectivity index is 5.54. The van der Waals surface area contributed by atoms with Gasteiger partial charge in [-0.05, 0) is 0 Å². The maximum absolute atomic E-state index is 2.47. The lowest BCUT2D eigenvalue weighted by molar-refractivity contribution is 0.578. The minimum absolute atomic E-state index is 0.996. The highest BCUT2D eigenvalue weighted by Gasteiger charge is 2.36. The van der Waals surface area contributed by atoms with Crippen molar-refractivity contribution in [3.8, 4) is 0 Å². The lowest BCUT2D eigenvalue weighted by Gasteiger charge is -2.37. The average Bonchev–Trinajstić information content (AvgIpc) is 2.84. The molecule has 2 heteroatoms. The fourth-order valence-electron chi connectivity index (χ4n) is 6.74. The van der Waals surface area contributed by atoms with Gasteiger partial charge in [0.1, 0.15) is 13.4 Å². The number of rotatable bonds is 27. The molecule has 0 bridgehead atoms. The molecule has 0 heterocycles. The summed E-state index contributed by atoms with van der Waals surface area (Å²) >= 11 is 0. The molecule has 0 aliphatic rings. The van der Waals surface area contributed by atoms with Crippen molar-refractivity contribution in [2.75, 3.05) is 0 Å². The molecule has 34 heavy (non-hydrogen) atoms. The van der Waals surface area contributed by atoms with Gasteiger partial charge in [-0.15, -0.1) is 0 Å². The van der Waals surface area contributed by atoms with E-state index in [0.717, 1.165) is 25.1 Å². The summed E-state index contributed by atoms with van der Waals surface area (Å²) in [6.45, 7) is 16.4. The first-order valence-corrected chi connectivity index (χ1v) is 16.7. The fraction of sp³-hybridized carbons (Fsp3) is 1.00. The molecule has 0 saturated carbocycles. The van der Waals surface area contributed by atoms with Crippen LogP contribution in [0.4, 0.5) is 0 Å². The Morgan fingerprint density at radius 3 is 0.794 bits per heavy atom. The summed E-state index contributed by atoms with van der Waals surface area (Å²) in [7, 11) is 0. The molecule has 2 atom stereocenters. The van der Waals surface area contributed by atoms with Gasteiger partial charge >= 0.3 is 0 Å². The predicted molar refractivity (Wildman–Crippen MR) is 165 cm³/mol. The second-order valence-corrected chi connectivity index (χ2v) is 11.8. The highest BCUT2D eigenvalue weighted by molar-refractivity contribution is 6.67. The summed E-state index contributed by atoms with van der Waals surface area (Å²) < 4.78 is 0. The third kappa shape index (κ3) is 17.5. The van der Waals surface area contributed by atoms with Crippen LogP contribution in [-0.4, -0.2) is 13.4 Å². The highest BCUT2D eigenvalue weighted by Crippen LogP contribution is 2.44. The zero-order valence-corrected chi connectivity index (χ0v) is 25.3. The first-order valence-electron chi connectivity index (χ1n) is 16.7. The van der Waals surface area contributed by atoms with Crippen LogP contribution in [0.5, 0.6) is 0 Å². The molecule has 0 rings (SSSR count). The van der Waals surface area contributed by atoms with Gasteiger partial charge in [0, 0.05) is 0 Å². The molecule has 0 aromatic rings. The molecule has 0 aromatic heterocycles. The van der Waals surface area contributed by atoms with Gasteiger partial charge in [-0.1, -0.05) is 207 Å². The van der Waals surface area contributed by atoms with E-state index in [2.05, 4.69) is 41.5 Å². The number of hydrogen-bond donors (Lipinski definition) is 0. The highest BCUT2D eigenvalue weighted by atomic mass is 14.2. The minimum Gasteiger partial charge on any atom is -0.0739 e. The van der Waals surface area contributed by atoms with Crippen molar-refractivity contribution in [1.29, 1.82) is 0 Å². The Morgan fingerprint density at radius 1 is 0.324 bits per heavy atom. The third-order valence-electron chi connectivity index (χ3n) is 8.72. The van der Waals surface area contributed by atoms with Crippen LogP contribution in [0, 0.1) is 0 Å². The Labute approximate surface area is 220 Å². The van der Waals surface area contributed by atoms with E-state index in [1.165, 1.54) is 154 Å². The molecule has 0 fully saturated rings. The molecule has 0 aliphatic carbocycles. The van der Waals surface area contributed by atoms with Gasteiger partial charge in [-0.2, -0.15) is 0 Å². The maximum atomic E-state index is 2.47. The Hall–Kier alpha value is 0.130. The maximum Gasteiger partial charge on any atom is 0.142 e. The van der Waals surface area contributed by atoms with E-state index in [0.29, 0.717) is 0 Å². The second-order valence-electron chi connectivity index (χ2n) is 11.8. The van der Waals surface area contributed by atoms with E-state index < -0.39 is 0 Å². The van der Waals surface area contributed by atoms with Crippen LogP contribution >= 0.6 is 0 Å². The molecule has 0 saturated heterocycles. The Kier molecular flexibility index (Phi) is 26.3. The van der Waals surface area contributed by atoms with Gasteiger partial charge in [0.15, 0.2) is 0 Å². The quantitative estimate of drug-likeness (QED) is 0.0820. The zero-order valence-electron chi connectivity index (χ0n) is 25.3. The van der Waals surface area contributed by atoms with Gasteiger partial charge in [0.05, 0.1) is 0 Å². The summed E-state index contributed by atoms with van der Waals surface area (Å²) in [5, 5.41) is 0. The topological polar surface area (TPSA) is 0 Å². The van der Waals surface area contributed by atoms with Gasteiger partial charge in [-0.3, -0.25) is 0 Å². The first kappa shape index (κ1) is 34.1. The molecule has 0 radical (unpaired) electrons. The van der Waals surface area contributed by atoms with Crippen LogP contribution in [0.2, 0.25) is 36.9 Å². The van der Waals surface area contributed by atoms with Crippen molar-refractivity contribution in [1.82, 2.24) is 0 Å². The first-order chi connectivity index (χ1) is 16.7. The summed E-state index contributed by atoms with van der Waals surface area (Å²) in [6.07, 6.45) is 35.0. The SMILES string of the molecule is CCCCCCB(CCCCCC)C(CCC)C(CCC)B(CCCCCC)CCCCCC. The molecule has 202 valence electrons. The van der Waals surface area contributed by atoms with E-state index in [-0.39, 0.29) is 0 Å². The molecule has 0 aliphatic heterocycles. The monoisotopic (exact) mass is 475 g/mol. The van der Waals surface area contributed by atoms with E-state index in [9.17, 15) is 0 Å². The molecule has 0 nitrogen and oxygen atoms in total. The van der Waals surface area contributed by atoms with E-state index >= 15 is 0 Å². The van der Waals surface area contributed by atoms with Crippen molar-refractivity contribution in [2.45, 2.75) is 207 Å². The molecule has 0 aromatic carbocycles. The standard InChI is InChI=1S/C32H68B2/c1-7-13-17-21-27-33(28-22-18-14-8-2)31(25-11-5)32(26-12-6)34(29-23-19-15-9-3)30-24-20-16-10-4/h31-32H,7-30H2,1-6H3. The summed E-state index contributed by atoms with van der Waals surface area (Å²) in [5.74, 6) is 1.99. The van der Waals surface area contributed by atoms with Crippen molar-refractivity contribution < 1.29 is 0 Å². The van der Waals surface area contributed by atoms with E-state index in [1.807, 2.05) is 0 Å². The second kappa shape index (κ2) is 26.2. The Bertz CT molecular complexity index is 323. The van der Waals surface area contributed by atoms with Crippen LogP contribution in [0.25, 0.3) is 0 Å². The van der Waals surface area contributed by atoms with Crippen molar-refractivity contribution in [2.24, 2.45) is 0 Å². The number of unbranched alkanes of at least 4 members (excludes halogenated alkanes) is 12. The molecule has 0 N–H and O–H groups in total. The normalized spacial score (nSPS) is 13.2. The van der Waals surface area contributed by atoms with Gasteiger partial charge in [-0.25, -0.2) is 0 Å². The minimum atomic E-state index is 0.996. The molecular formula is C32H68B2. The van der Waals surface area contributed by atoms with Crippen molar-refractivity contribution in [3.05, 3.63) is 0 Å². The van der Waals surface area contributed by atoms with Gasteiger partial charge in [0.25, 0.3) is 0 Å². The molecule has 0 amide bonds. The smallest absolute Gasteiger partial charge is 0.0739 e. The lowest BCUT2D eigenvalue weighted by atomic mass is 9.23. The fourth-order valence-corrected chi connectivity index (χ4v) is 6.74. The lowest BCUT2D eigenvalue weighted by Crippen LogP contribution is -2.33. The molecule has 0 spiro atoms. The van der Waals surface area contributed by atoms with Gasteiger partial charge in [0.2, 0.25) is 0 Å². The van der Waals surface area contributed by atoms with E-state index in [1.54, 1.807) is 0 Å². The van der Waals surface area contributed by atoms with Crippen molar-refractivity contribution >= 4 is 13.4 Å². The van der Waals surface area contributed by atoms with Crippen LogP contribution in [0.1, 0.15) is 170 Å². The predicted octanol–water partition coefficient (Wildman–Crippen LogP) is 12.6. The van der Waals surface area contributed by atoms with Crippen LogP contribution in [-0.2, 0) is 0 Å². The largest absolute Gasteiger partial charge is 0.142 e. The van der Waals surface area contributed by atoms with Gasteiger partial charge < -0.3 is 0 Å². The summed E-state index contributed by atoms with van der Waals surface area (Å²) in [6, 6.07) is 0. The molecule has 2 unspecified atom stereocenters. The van der Waals surface area contributed by atoms with Crippen LogP contribution in [0.3, 0.4) is 0 Å². The van der Waals surface area contributed by atoms with Crippen LogP contribution < -0.4 is 0 Å². The number of hydrogen-bond acceptors (Lipinski definition) is 0. The van der Waals surface area contributed by atoms with E-state index in [4.69, 9.17) is 0 Å². The van der Waals surface area contributed by atoms with Crippen molar-refractivity contribution in [3.63, 3.8) is 0 Å². The average molecular weight is 475 g/mol. The summed E-state index contributed by atoms with van der Waals surface area (Å²) in [4.78, 5) is 0.